The van der Waals surface area contributed by atoms with E-state index >= 15 is 0 Å². The van der Waals surface area contributed by atoms with E-state index in [0.29, 0.717) is 30.4 Å². The topological polar surface area (TPSA) is 47.9 Å². The maximum Gasteiger partial charge on any atom is 0.222 e. The molecule has 0 amide bonds. The quantitative estimate of drug-likeness (QED) is 0.603. The summed E-state index contributed by atoms with van der Waals surface area (Å²) in [6.07, 6.45) is 3.12. The first-order valence-electron chi connectivity index (χ1n) is 7.58. The fourth-order valence-electron chi connectivity index (χ4n) is 2.17. The molecule has 2 aromatic rings. The van der Waals surface area contributed by atoms with Gasteiger partial charge in [-0.1, -0.05) is 18.2 Å². The summed E-state index contributed by atoms with van der Waals surface area (Å²) >= 11 is 0. The van der Waals surface area contributed by atoms with Gasteiger partial charge in [0.2, 0.25) is 5.90 Å². The highest BCUT2D eigenvalue weighted by Crippen LogP contribution is 2.14. The SMILES string of the molecule is O=C(/C=C/c1ccc(F)cc1)c1ccc(OCC2=NCCO2)cc1. The Morgan fingerprint density at radius 2 is 1.92 bits per heavy atom. The Bertz CT molecular complexity index is 764. The van der Waals surface area contributed by atoms with Crippen LogP contribution in [0.15, 0.2) is 59.6 Å². The molecule has 0 unspecified atom stereocenters. The largest absolute Gasteiger partial charge is 0.484 e. The van der Waals surface area contributed by atoms with Gasteiger partial charge in [-0.2, -0.15) is 0 Å². The van der Waals surface area contributed by atoms with Gasteiger partial charge in [-0.3, -0.25) is 4.79 Å². The summed E-state index contributed by atoms with van der Waals surface area (Å²) in [5.74, 6) is 0.807. The van der Waals surface area contributed by atoms with Gasteiger partial charge in [-0.05, 0) is 48.0 Å². The molecular weight excluding hydrogens is 309 g/mol. The van der Waals surface area contributed by atoms with E-state index in [9.17, 15) is 9.18 Å². The average Bonchev–Trinajstić information content (AvgIpc) is 3.13. The van der Waals surface area contributed by atoms with Crippen LogP contribution in [-0.2, 0) is 4.74 Å². The molecule has 2 aromatic carbocycles. The summed E-state index contributed by atoms with van der Waals surface area (Å²) < 4.78 is 23.6. The molecule has 0 N–H and O–H groups in total. The number of rotatable bonds is 6. The maximum absolute atomic E-state index is 12.8. The summed E-state index contributed by atoms with van der Waals surface area (Å²) in [4.78, 5) is 16.3. The molecule has 24 heavy (non-hydrogen) atoms. The van der Waals surface area contributed by atoms with Crippen LogP contribution < -0.4 is 4.74 Å². The molecule has 1 heterocycles. The number of hydrogen-bond acceptors (Lipinski definition) is 4. The molecule has 0 atom stereocenters. The lowest BCUT2D eigenvalue weighted by molar-refractivity contribution is 0.104. The van der Waals surface area contributed by atoms with Crippen LogP contribution in [0.25, 0.3) is 6.08 Å². The van der Waals surface area contributed by atoms with E-state index in [1.807, 2.05) is 0 Å². The lowest BCUT2D eigenvalue weighted by Gasteiger charge is -2.06. The van der Waals surface area contributed by atoms with E-state index in [4.69, 9.17) is 9.47 Å². The molecule has 122 valence electrons. The number of hydrogen-bond donors (Lipinski definition) is 0. The zero-order valence-electron chi connectivity index (χ0n) is 12.9. The molecule has 5 heteroatoms. The monoisotopic (exact) mass is 325 g/mol. The van der Waals surface area contributed by atoms with Crippen molar-refractivity contribution in [2.75, 3.05) is 19.8 Å². The number of aliphatic imine (C=N–C) groups is 1. The Hall–Kier alpha value is -2.95. The van der Waals surface area contributed by atoms with Gasteiger partial charge in [0.1, 0.15) is 18.2 Å². The first-order chi connectivity index (χ1) is 11.7. The van der Waals surface area contributed by atoms with Crippen molar-refractivity contribution in [2.24, 2.45) is 4.99 Å². The Morgan fingerprint density at radius 3 is 2.58 bits per heavy atom. The minimum atomic E-state index is -0.303. The molecule has 1 aliphatic rings. The number of halogens is 1. The molecule has 4 nitrogen and oxygen atoms in total. The molecule has 0 bridgehead atoms. The van der Waals surface area contributed by atoms with Gasteiger partial charge in [0.05, 0.1) is 6.54 Å². The second-order valence-electron chi connectivity index (χ2n) is 5.19. The van der Waals surface area contributed by atoms with Crippen molar-refractivity contribution in [1.82, 2.24) is 0 Å². The van der Waals surface area contributed by atoms with E-state index in [0.717, 1.165) is 5.56 Å². The van der Waals surface area contributed by atoms with Gasteiger partial charge in [0, 0.05) is 5.56 Å². The zero-order valence-corrected chi connectivity index (χ0v) is 12.9. The Balaban J connectivity index is 1.57. The van der Waals surface area contributed by atoms with Crippen LogP contribution in [0.4, 0.5) is 4.39 Å². The number of ketones is 1. The predicted octanol–water partition coefficient (Wildman–Crippen LogP) is 3.53. The lowest BCUT2D eigenvalue weighted by Crippen LogP contribution is -2.11. The Kier molecular flexibility index (Phi) is 5.01. The van der Waals surface area contributed by atoms with Crippen LogP contribution >= 0.6 is 0 Å². The van der Waals surface area contributed by atoms with Crippen LogP contribution in [0.2, 0.25) is 0 Å². The molecule has 0 saturated carbocycles. The van der Waals surface area contributed by atoms with Crippen molar-refractivity contribution >= 4 is 17.8 Å². The van der Waals surface area contributed by atoms with Crippen molar-refractivity contribution in [3.05, 3.63) is 71.6 Å². The van der Waals surface area contributed by atoms with Crippen LogP contribution in [-0.4, -0.2) is 31.4 Å². The summed E-state index contributed by atoms with van der Waals surface area (Å²) in [5, 5.41) is 0. The Labute approximate surface area is 139 Å². The second-order valence-corrected chi connectivity index (χ2v) is 5.19. The summed E-state index contributed by atoms with van der Waals surface area (Å²) in [6.45, 7) is 1.57. The van der Waals surface area contributed by atoms with Crippen molar-refractivity contribution < 1.29 is 18.7 Å². The van der Waals surface area contributed by atoms with Crippen LogP contribution in [0, 0.1) is 5.82 Å². The number of allylic oxidation sites excluding steroid dienone is 1. The first kappa shape index (κ1) is 15.9. The number of nitrogens with zero attached hydrogens (tertiary/aromatic N) is 1. The van der Waals surface area contributed by atoms with Crippen LogP contribution in [0.5, 0.6) is 5.75 Å². The van der Waals surface area contributed by atoms with E-state index in [-0.39, 0.29) is 18.2 Å². The predicted molar refractivity (Wildman–Crippen MR) is 90.0 cm³/mol. The highest BCUT2D eigenvalue weighted by Gasteiger charge is 2.08. The molecule has 0 radical (unpaired) electrons. The first-order valence-corrected chi connectivity index (χ1v) is 7.58. The maximum atomic E-state index is 12.8. The molecule has 0 aromatic heterocycles. The van der Waals surface area contributed by atoms with E-state index in [2.05, 4.69) is 4.99 Å². The van der Waals surface area contributed by atoms with E-state index in [1.165, 1.54) is 18.2 Å². The van der Waals surface area contributed by atoms with Gasteiger partial charge in [-0.15, -0.1) is 0 Å². The Morgan fingerprint density at radius 1 is 1.17 bits per heavy atom. The second kappa shape index (κ2) is 7.55. The van der Waals surface area contributed by atoms with Gasteiger partial charge < -0.3 is 9.47 Å². The van der Waals surface area contributed by atoms with Crippen molar-refractivity contribution in [1.29, 1.82) is 0 Å². The molecule has 0 fully saturated rings. The standard InChI is InChI=1S/C19H16FNO3/c20-16-6-1-14(2-7-16)3-10-18(22)15-4-8-17(9-5-15)24-13-19-21-11-12-23-19/h1-10H,11-13H2/b10-3+. The average molecular weight is 325 g/mol. The van der Waals surface area contributed by atoms with Gasteiger partial charge in [0.15, 0.2) is 12.4 Å². The van der Waals surface area contributed by atoms with E-state index < -0.39 is 0 Å². The minimum Gasteiger partial charge on any atom is -0.484 e. The van der Waals surface area contributed by atoms with Gasteiger partial charge in [-0.25, -0.2) is 9.38 Å². The van der Waals surface area contributed by atoms with Crippen molar-refractivity contribution in [3.8, 4) is 5.75 Å². The molecule has 1 aliphatic heterocycles. The summed E-state index contributed by atoms with van der Waals surface area (Å²) in [5.41, 5.74) is 1.32. The number of carbonyl (C=O) groups is 1. The normalized spacial score (nSPS) is 13.6. The number of ether oxygens (including phenoxy) is 2. The third-order valence-corrected chi connectivity index (χ3v) is 3.45. The van der Waals surface area contributed by atoms with Crippen molar-refractivity contribution in [2.45, 2.75) is 0 Å². The van der Waals surface area contributed by atoms with Crippen molar-refractivity contribution in [3.63, 3.8) is 0 Å². The molecule has 0 saturated heterocycles. The zero-order chi connectivity index (χ0) is 16.8. The smallest absolute Gasteiger partial charge is 0.222 e. The molecule has 3 rings (SSSR count). The fraction of sp³-hybridized carbons (Fsp3) is 0.158. The van der Waals surface area contributed by atoms with Crippen LogP contribution in [0.3, 0.4) is 0 Å². The summed E-state index contributed by atoms with van der Waals surface area (Å²) in [7, 11) is 0. The molecular formula is C19H16FNO3. The molecule has 0 aliphatic carbocycles. The highest BCUT2D eigenvalue weighted by atomic mass is 19.1. The molecule has 0 spiro atoms. The number of benzene rings is 2. The third-order valence-electron chi connectivity index (χ3n) is 3.45. The van der Waals surface area contributed by atoms with Gasteiger partial charge in [0.25, 0.3) is 0 Å². The van der Waals surface area contributed by atoms with Crippen LogP contribution in [0.1, 0.15) is 15.9 Å². The van der Waals surface area contributed by atoms with Gasteiger partial charge >= 0.3 is 0 Å². The number of carbonyl (C=O) groups excluding carboxylic acids is 1. The minimum absolute atomic E-state index is 0.130. The third kappa shape index (κ3) is 4.29. The van der Waals surface area contributed by atoms with E-state index in [1.54, 1.807) is 42.5 Å². The lowest BCUT2D eigenvalue weighted by atomic mass is 10.1. The highest BCUT2D eigenvalue weighted by molar-refractivity contribution is 6.06. The summed E-state index contributed by atoms with van der Waals surface area (Å²) in [6, 6.07) is 12.8. The fourth-order valence-corrected chi connectivity index (χ4v) is 2.17.